The largest absolute Gasteiger partial charge is 0.493 e. The Kier molecular flexibility index (Phi) is 6.05. The van der Waals surface area contributed by atoms with E-state index in [4.69, 9.17) is 25.8 Å². The van der Waals surface area contributed by atoms with E-state index < -0.39 is 5.97 Å². The van der Waals surface area contributed by atoms with Crippen LogP contribution in [0.25, 0.3) is 6.08 Å². The molecule has 0 saturated carbocycles. The molecule has 1 heterocycles. The van der Waals surface area contributed by atoms with Crippen LogP contribution in [0.4, 0.5) is 0 Å². The van der Waals surface area contributed by atoms with E-state index in [1.807, 2.05) is 37.3 Å². The van der Waals surface area contributed by atoms with Crippen molar-refractivity contribution in [2.75, 3.05) is 7.11 Å². The van der Waals surface area contributed by atoms with Crippen LogP contribution in [-0.4, -0.2) is 19.0 Å². The van der Waals surface area contributed by atoms with Crippen molar-refractivity contribution >= 4 is 29.5 Å². The summed E-state index contributed by atoms with van der Waals surface area (Å²) in [7, 11) is 1.57. The number of halogens is 1. The van der Waals surface area contributed by atoms with Gasteiger partial charge in [-0.25, -0.2) is 9.79 Å². The van der Waals surface area contributed by atoms with Crippen LogP contribution in [0.5, 0.6) is 11.5 Å². The SMILES string of the molecule is COc1cc(/C=C2\N=C(c3cccc(Cl)c3)OC2=O)ccc1OCc1cccc(C)c1. The van der Waals surface area contributed by atoms with E-state index in [0.29, 0.717) is 28.7 Å². The third kappa shape index (κ3) is 4.95. The van der Waals surface area contributed by atoms with Crippen molar-refractivity contribution in [3.05, 3.63) is 99.7 Å². The van der Waals surface area contributed by atoms with Crippen LogP contribution in [-0.2, 0) is 16.1 Å². The summed E-state index contributed by atoms with van der Waals surface area (Å²) in [5.74, 6) is 0.883. The van der Waals surface area contributed by atoms with Gasteiger partial charge in [0.2, 0.25) is 5.90 Å². The molecule has 0 amide bonds. The summed E-state index contributed by atoms with van der Waals surface area (Å²) in [6, 6.07) is 20.6. The van der Waals surface area contributed by atoms with Gasteiger partial charge in [-0.3, -0.25) is 0 Å². The average Bonchev–Trinajstić information content (AvgIpc) is 3.13. The van der Waals surface area contributed by atoms with Crippen LogP contribution < -0.4 is 9.47 Å². The molecule has 0 N–H and O–H groups in total. The second-order valence-electron chi connectivity index (χ2n) is 7.03. The quantitative estimate of drug-likeness (QED) is 0.376. The van der Waals surface area contributed by atoms with Crippen molar-refractivity contribution in [3.63, 3.8) is 0 Å². The fraction of sp³-hybridized carbons (Fsp3) is 0.120. The fourth-order valence-electron chi connectivity index (χ4n) is 3.17. The molecule has 0 bridgehead atoms. The fourth-order valence-corrected chi connectivity index (χ4v) is 3.36. The first kappa shape index (κ1) is 20.7. The Morgan fingerprint density at radius 1 is 1.03 bits per heavy atom. The standard InChI is InChI=1S/C25H20ClNO4/c1-16-5-3-6-18(11-16)15-30-22-10-9-17(13-23(22)29-2)12-21-25(28)31-24(27-21)19-7-4-8-20(26)14-19/h3-14H,15H2,1-2H3/b21-12-. The number of cyclic esters (lactones) is 1. The van der Waals surface area contributed by atoms with Crippen molar-refractivity contribution < 1.29 is 19.0 Å². The number of methoxy groups -OCH3 is 1. The summed E-state index contributed by atoms with van der Waals surface area (Å²) in [5, 5.41) is 0.541. The van der Waals surface area contributed by atoms with Gasteiger partial charge in [-0.05, 0) is 54.5 Å². The normalized spacial score (nSPS) is 14.4. The van der Waals surface area contributed by atoms with Crippen LogP contribution >= 0.6 is 11.6 Å². The van der Waals surface area contributed by atoms with E-state index in [9.17, 15) is 4.79 Å². The number of nitrogens with zero attached hydrogens (tertiary/aromatic N) is 1. The molecule has 3 aromatic rings. The van der Waals surface area contributed by atoms with Crippen molar-refractivity contribution in [2.24, 2.45) is 4.99 Å². The molecule has 0 unspecified atom stereocenters. The number of ether oxygens (including phenoxy) is 3. The first-order valence-electron chi connectivity index (χ1n) is 9.67. The molecule has 6 heteroatoms. The molecule has 0 spiro atoms. The Morgan fingerprint density at radius 2 is 1.87 bits per heavy atom. The maximum atomic E-state index is 12.3. The Balaban J connectivity index is 1.54. The monoisotopic (exact) mass is 433 g/mol. The number of esters is 1. The zero-order valence-corrected chi connectivity index (χ0v) is 17.8. The molecule has 0 atom stereocenters. The van der Waals surface area contributed by atoms with Gasteiger partial charge in [-0.1, -0.05) is 53.6 Å². The van der Waals surface area contributed by atoms with E-state index >= 15 is 0 Å². The van der Waals surface area contributed by atoms with Gasteiger partial charge in [0.15, 0.2) is 17.2 Å². The molecule has 4 rings (SSSR count). The van der Waals surface area contributed by atoms with Crippen LogP contribution in [0, 0.1) is 6.92 Å². The van der Waals surface area contributed by atoms with E-state index in [1.165, 1.54) is 5.56 Å². The number of hydrogen-bond acceptors (Lipinski definition) is 5. The van der Waals surface area contributed by atoms with E-state index in [0.717, 1.165) is 11.1 Å². The van der Waals surface area contributed by atoms with Crippen LogP contribution in [0.1, 0.15) is 22.3 Å². The molecule has 5 nitrogen and oxygen atoms in total. The minimum absolute atomic E-state index is 0.199. The molecule has 31 heavy (non-hydrogen) atoms. The minimum Gasteiger partial charge on any atom is -0.493 e. The molecule has 3 aromatic carbocycles. The zero-order chi connectivity index (χ0) is 21.8. The third-order valence-electron chi connectivity index (χ3n) is 4.66. The summed E-state index contributed by atoms with van der Waals surface area (Å²) in [6.07, 6.45) is 1.65. The zero-order valence-electron chi connectivity index (χ0n) is 17.1. The lowest BCUT2D eigenvalue weighted by Gasteiger charge is -2.12. The lowest BCUT2D eigenvalue weighted by Crippen LogP contribution is -2.05. The number of benzene rings is 3. The van der Waals surface area contributed by atoms with Gasteiger partial charge >= 0.3 is 5.97 Å². The molecule has 156 valence electrons. The van der Waals surface area contributed by atoms with Crippen molar-refractivity contribution in [1.29, 1.82) is 0 Å². The Morgan fingerprint density at radius 3 is 2.65 bits per heavy atom. The Hall–Kier alpha value is -3.57. The third-order valence-corrected chi connectivity index (χ3v) is 4.90. The van der Waals surface area contributed by atoms with Crippen LogP contribution in [0.3, 0.4) is 0 Å². The number of aliphatic imine (C=N–C) groups is 1. The number of hydrogen-bond donors (Lipinski definition) is 0. The number of rotatable bonds is 6. The van der Waals surface area contributed by atoms with Gasteiger partial charge in [0.25, 0.3) is 0 Å². The second-order valence-corrected chi connectivity index (χ2v) is 7.47. The van der Waals surface area contributed by atoms with Crippen molar-refractivity contribution in [2.45, 2.75) is 13.5 Å². The average molecular weight is 434 g/mol. The molecule has 0 radical (unpaired) electrons. The van der Waals surface area contributed by atoms with Gasteiger partial charge in [0.05, 0.1) is 7.11 Å². The summed E-state index contributed by atoms with van der Waals surface area (Å²) >= 11 is 6.01. The minimum atomic E-state index is -0.520. The number of carbonyl (C=O) groups is 1. The predicted molar refractivity (Wildman–Crippen MR) is 121 cm³/mol. The number of aryl methyl sites for hydroxylation is 1. The highest BCUT2D eigenvalue weighted by atomic mass is 35.5. The van der Waals surface area contributed by atoms with E-state index in [-0.39, 0.29) is 11.6 Å². The smallest absolute Gasteiger partial charge is 0.363 e. The summed E-state index contributed by atoms with van der Waals surface area (Å²) < 4.78 is 16.7. The molecular formula is C25H20ClNO4. The van der Waals surface area contributed by atoms with Gasteiger partial charge in [0, 0.05) is 10.6 Å². The van der Waals surface area contributed by atoms with Gasteiger partial charge < -0.3 is 14.2 Å². The second kappa shape index (κ2) is 9.06. The van der Waals surface area contributed by atoms with Gasteiger partial charge in [0.1, 0.15) is 6.61 Å². The lowest BCUT2D eigenvalue weighted by atomic mass is 10.1. The topological polar surface area (TPSA) is 57.1 Å². The molecule has 0 aliphatic carbocycles. The van der Waals surface area contributed by atoms with Crippen molar-refractivity contribution in [3.8, 4) is 11.5 Å². The summed E-state index contributed by atoms with van der Waals surface area (Å²) in [4.78, 5) is 16.6. The first-order valence-corrected chi connectivity index (χ1v) is 10.0. The van der Waals surface area contributed by atoms with E-state index in [1.54, 1.807) is 43.5 Å². The Bertz CT molecular complexity index is 1200. The molecular weight excluding hydrogens is 414 g/mol. The predicted octanol–water partition coefficient (Wildman–Crippen LogP) is 5.58. The highest BCUT2D eigenvalue weighted by Gasteiger charge is 2.24. The maximum absolute atomic E-state index is 12.3. The highest BCUT2D eigenvalue weighted by Crippen LogP contribution is 2.30. The Labute approximate surface area is 185 Å². The molecule has 1 aliphatic rings. The summed E-state index contributed by atoms with van der Waals surface area (Å²) in [5.41, 5.74) is 3.83. The van der Waals surface area contributed by atoms with Crippen molar-refractivity contribution in [1.82, 2.24) is 0 Å². The molecule has 0 fully saturated rings. The molecule has 1 aliphatic heterocycles. The van der Waals surface area contributed by atoms with Gasteiger partial charge in [-0.2, -0.15) is 0 Å². The first-order chi connectivity index (χ1) is 15.0. The molecule has 0 saturated heterocycles. The molecule has 0 aromatic heterocycles. The lowest BCUT2D eigenvalue weighted by molar-refractivity contribution is -0.129. The maximum Gasteiger partial charge on any atom is 0.363 e. The summed E-state index contributed by atoms with van der Waals surface area (Å²) in [6.45, 7) is 2.47. The van der Waals surface area contributed by atoms with Crippen LogP contribution in [0.15, 0.2) is 77.4 Å². The van der Waals surface area contributed by atoms with Gasteiger partial charge in [-0.15, -0.1) is 0 Å². The number of carbonyl (C=O) groups excluding carboxylic acids is 1. The van der Waals surface area contributed by atoms with E-state index in [2.05, 4.69) is 11.1 Å². The van der Waals surface area contributed by atoms with Crippen LogP contribution in [0.2, 0.25) is 5.02 Å². The highest BCUT2D eigenvalue weighted by molar-refractivity contribution is 6.31.